The maximum absolute atomic E-state index is 15.7. The average molecular weight is 457 g/mol. The van der Waals surface area contributed by atoms with Gasteiger partial charge in [-0.15, -0.1) is 0 Å². The number of nitrogens with two attached hydrogens (primary N) is 1. The molecule has 5 aromatic rings. The topological polar surface area (TPSA) is 74.5 Å². The molecule has 10 heteroatoms. The Morgan fingerprint density at radius 3 is 2.47 bits per heavy atom. The molecule has 0 aliphatic heterocycles. The Morgan fingerprint density at radius 2 is 1.75 bits per heavy atom. The largest absolute Gasteiger partial charge is 0.383 e. The molecule has 0 aliphatic rings. The van der Waals surface area contributed by atoms with Crippen LogP contribution in [0.5, 0.6) is 0 Å². The summed E-state index contributed by atoms with van der Waals surface area (Å²) in [4.78, 5) is 8.32. The van der Waals surface area contributed by atoms with E-state index in [0.717, 1.165) is 6.07 Å². The Labute approximate surface area is 185 Å². The minimum Gasteiger partial charge on any atom is -0.383 e. The number of aryl methyl sites for hydroxylation is 1. The zero-order chi connectivity index (χ0) is 22.6. The van der Waals surface area contributed by atoms with Crippen molar-refractivity contribution < 1.29 is 13.2 Å². The van der Waals surface area contributed by atoms with Crippen molar-refractivity contribution in [3.8, 4) is 11.1 Å². The highest BCUT2D eigenvalue weighted by Gasteiger charge is 2.22. The van der Waals surface area contributed by atoms with E-state index in [2.05, 4.69) is 15.1 Å². The number of rotatable bonds is 4. The first-order valence-corrected chi connectivity index (χ1v) is 10.1. The highest BCUT2D eigenvalue weighted by Crippen LogP contribution is 2.38. The Morgan fingerprint density at radius 1 is 1.00 bits per heavy atom. The molecule has 3 heterocycles. The van der Waals surface area contributed by atoms with E-state index >= 15 is 4.39 Å². The number of hydrogen-bond acceptors (Lipinski definition) is 4. The van der Waals surface area contributed by atoms with Gasteiger partial charge in [0.05, 0.1) is 22.8 Å². The van der Waals surface area contributed by atoms with Gasteiger partial charge in [-0.25, -0.2) is 27.8 Å². The Bertz CT molecular complexity index is 1490. The van der Waals surface area contributed by atoms with E-state index in [9.17, 15) is 8.78 Å². The number of anilines is 1. The van der Waals surface area contributed by atoms with Crippen molar-refractivity contribution in [3.63, 3.8) is 0 Å². The summed E-state index contributed by atoms with van der Waals surface area (Å²) in [7, 11) is 0. The van der Waals surface area contributed by atoms with Crippen LogP contribution in [-0.2, 0) is 13.1 Å². The van der Waals surface area contributed by atoms with Crippen molar-refractivity contribution in [1.29, 1.82) is 0 Å². The molecule has 0 bridgehead atoms. The maximum Gasteiger partial charge on any atom is 0.146 e. The van der Waals surface area contributed by atoms with Crippen molar-refractivity contribution in [2.45, 2.75) is 20.0 Å². The summed E-state index contributed by atoms with van der Waals surface area (Å²) in [5.74, 6) is -1.77. The molecule has 0 fully saturated rings. The summed E-state index contributed by atoms with van der Waals surface area (Å²) >= 11 is 6.45. The normalized spacial score (nSPS) is 11.7. The molecule has 0 amide bonds. The van der Waals surface area contributed by atoms with Crippen LogP contribution in [0.15, 0.2) is 42.9 Å². The molecule has 0 spiro atoms. The molecule has 0 atom stereocenters. The van der Waals surface area contributed by atoms with E-state index < -0.39 is 17.5 Å². The lowest BCUT2D eigenvalue weighted by molar-refractivity contribution is 0.575. The smallest absolute Gasteiger partial charge is 0.146 e. The molecular formula is C22H16ClF3N6. The van der Waals surface area contributed by atoms with Gasteiger partial charge in [0.25, 0.3) is 0 Å². The summed E-state index contributed by atoms with van der Waals surface area (Å²) in [5.41, 5.74) is 8.12. The third kappa shape index (κ3) is 3.16. The van der Waals surface area contributed by atoms with Crippen LogP contribution in [0.25, 0.3) is 33.1 Å². The van der Waals surface area contributed by atoms with Crippen LogP contribution in [0.3, 0.4) is 0 Å². The zero-order valence-electron chi connectivity index (χ0n) is 16.8. The third-order valence-electron chi connectivity index (χ3n) is 5.35. The molecule has 0 aliphatic carbocycles. The van der Waals surface area contributed by atoms with Crippen molar-refractivity contribution in [2.24, 2.45) is 0 Å². The van der Waals surface area contributed by atoms with Gasteiger partial charge < -0.3 is 10.3 Å². The van der Waals surface area contributed by atoms with Crippen molar-refractivity contribution in [1.82, 2.24) is 24.3 Å². The number of benzene rings is 2. The number of nitrogens with zero attached hydrogens (tertiary/aromatic N) is 5. The lowest BCUT2D eigenvalue weighted by Crippen LogP contribution is -2.02. The minimum absolute atomic E-state index is 0.0208. The van der Waals surface area contributed by atoms with Gasteiger partial charge in [0.15, 0.2) is 0 Å². The molecule has 0 saturated carbocycles. The monoisotopic (exact) mass is 456 g/mol. The van der Waals surface area contributed by atoms with Gasteiger partial charge in [-0.05, 0) is 36.8 Å². The Hall–Kier alpha value is -3.59. The highest BCUT2D eigenvalue weighted by molar-refractivity contribution is 6.34. The molecule has 0 radical (unpaired) electrons. The summed E-state index contributed by atoms with van der Waals surface area (Å²) in [6.45, 7) is 2.53. The molecule has 6 nitrogen and oxygen atoms in total. The standard InChI is InChI=1S/C22H16ClF3N6/c1-2-31-9-15(17-21(27)28-10-29-22(17)31)14-3-4-16-18(19(14)26)20(23)32(30-16)8-11-5-12(24)7-13(25)6-11/h3-7,9-10H,2,8H2,1H3,(H2,27,28,29). The van der Waals surface area contributed by atoms with Gasteiger partial charge in [0.2, 0.25) is 0 Å². The Kier molecular flexibility index (Phi) is 4.78. The first kappa shape index (κ1) is 20.3. The van der Waals surface area contributed by atoms with E-state index in [-0.39, 0.29) is 28.5 Å². The zero-order valence-corrected chi connectivity index (χ0v) is 17.5. The van der Waals surface area contributed by atoms with Crippen LogP contribution < -0.4 is 5.73 Å². The molecular weight excluding hydrogens is 441 g/mol. The predicted molar refractivity (Wildman–Crippen MR) is 117 cm³/mol. The fraction of sp³-hybridized carbons (Fsp3) is 0.136. The van der Waals surface area contributed by atoms with Crippen LogP contribution in [0.1, 0.15) is 12.5 Å². The van der Waals surface area contributed by atoms with E-state index in [0.29, 0.717) is 34.2 Å². The second-order valence-electron chi connectivity index (χ2n) is 7.33. The molecule has 32 heavy (non-hydrogen) atoms. The molecule has 0 saturated heterocycles. The van der Waals surface area contributed by atoms with E-state index in [4.69, 9.17) is 17.3 Å². The van der Waals surface area contributed by atoms with Gasteiger partial charge in [-0.2, -0.15) is 5.10 Å². The number of nitrogen functional groups attached to an aromatic ring is 1. The van der Waals surface area contributed by atoms with Crippen molar-refractivity contribution in [2.75, 3.05) is 5.73 Å². The number of aromatic nitrogens is 5. The highest BCUT2D eigenvalue weighted by atomic mass is 35.5. The molecule has 162 valence electrons. The number of halogens is 4. The van der Waals surface area contributed by atoms with Gasteiger partial charge in [-0.1, -0.05) is 11.6 Å². The minimum atomic E-state index is -0.714. The molecule has 0 unspecified atom stereocenters. The molecule has 2 aromatic carbocycles. The number of hydrogen-bond donors (Lipinski definition) is 1. The second kappa shape index (κ2) is 7.52. The van der Waals surface area contributed by atoms with Gasteiger partial charge >= 0.3 is 0 Å². The van der Waals surface area contributed by atoms with E-state index in [1.165, 1.54) is 23.1 Å². The van der Waals surface area contributed by atoms with Crippen LogP contribution in [0.2, 0.25) is 5.15 Å². The van der Waals surface area contributed by atoms with Crippen LogP contribution in [0, 0.1) is 17.5 Å². The molecule has 3 aromatic heterocycles. The number of fused-ring (bicyclic) bond motifs is 2. The molecule has 2 N–H and O–H groups in total. The summed E-state index contributed by atoms with van der Waals surface area (Å²) in [5, 5.41) is 4.98. The first-order chi connectivity index (χ1) is 15.4. The summed E-state index contributed by atoms with van der Waals surface area (Å²) < 4.78 is 46.0. The van der Waals surface area contributed by atoms with Crippen LogP contribution >= 0.6 is 11.6 Å². The van der Waals surface area contributed by atoms with Crippen molar-refractivity contribution in [3.05, 3.63) is 71.0 Å². The predicted octanol–water partition coefficient (Wildman–Crippen LogP) is 5.17. The van der Waals surface area contributed by atoms with Gasteiger partial charge in [0, 0.05) is 29.9 Å². The Balaban J connectivity index is 1.67. The van der Waals surface area contributed by atoms with E-state index in [1.54, 1.807) is 18.3 Å². The van der Waals surface area contributed by atoms with E-state index in [1.807, 2.05) is 11.5 Å². The fourth-order valence-electron chi connectivity index (χ4n) is 3.93. The van der Waals surface area contributed by atoms with Crippen LogP contribution in [-0.4, -0.2) is 24.3 Å². The van der Waals surface area contributed by atoms with Gasteiger partial charge in [0.1, 0.15) is 40.4 Å². The quantitative estimate of drug-likeness (QED) is 0.405. The first-order valence-electron chi connectivity index (χ1n) is 9.76. The molecule has 5 rings (SSSR count). The van der Waals surface area contributed by atoms with Crippen molar-refractivity contribution >= 4 is 39.4 Å². The van der Waals surface area contributed by atoms with Gasteiger partial charge in [-0.3, -0.25) is 0 Å². The second-order valence-corrected chi connectivity index (χ2v) is 7.69. The lowest BCUT2D eigenvalue weighted by Gasteiger charge is -2.05. The fourth-order valence-corrected chi connectivity index (χ4v) is 4.21. The summed E-state index contributed by atoms with van der Waals surface area (Å²) in [6, 6.07) is 6.36. The average Bonchev–Trinajstić information content (AvgIpc) is 3.27. The summed E-state index contributed by atoms with van der Waals surface area (Å²) in [6.07, 6.45) is 3.14. The lowest BCUT2D eigenvalue weighted by atomic mass is 10.0. The SMILES string of the molecule is CCn1cc(-c2ccc3nn(Cc4cc(F)cc(F)c4)c(Cl)c3c2F)c2c(N)ncnc21. The maximum atomic E-state index is 15.7. The third-order valence-corrected chi connectivity index (χ3v) is 5.73. The van der Waals surface area contributed by atoms with Crippen LogP contribution in [0.4, 0.5) is 19.0 Å².